The van der Waals surface area contributed by atoms with Crippen molar-refractivity contribution in [1.82, 2.24) is 10.2 Å². The first-order valence-electron chi connectivity index (χ1n) is 10.0. The van der Waals surface area contributed by atoms with Gasteiger partial charge in [0.15, 0.2) is 0 Å². The molecule has 1 heterocycles. The van der Waals surface area contributed by atoms with Gasteiger partial charge < -0.3 is 5.32 Å². The monoisotopic (exact) mass is 364 g/mol. The molecular weight excluding hydrogens is 332 g/mol. The van der Waals surface area contributed by atoms with Crippen LogP contribution in [0, 0.1) is 11.3 Å². The van der Waals surface area contributed by atoms with E-state index in [1.807, 2.05) is 0 Å². The average Bonchev–Trinajstić information content (AvgIpc) is 2.65. The molecule has 1 N–H and O–H groups in total. The van der Waals surface area contributed by atoms with E-state index in [1.165, 1.54) is 11.1 Å². The van der Waals surface area contributed by atoms with Crippen molar-refractivity contribution in [3.63, 3.8) is 0 Å². The first-order valence-corrected chi connectivity index (χ1v) is 10.0. The van der Waals surface area contributed by atoms with Gasteiger partial charge >= 0.3 is 0 Å². The summed E-state index contributed by atoms with van der Waals surface area (Å²) in [5.74, 6) is 0.734. The highest BCUT2D eigenvalue weighted by Crippen LogP contribution is 2.36. The molecular formula is C24H32N2O. The van der Waals surface area contributed by atoms with E-state index in [-0.39, 0.29) is 17.4 Å². The minimum absolute atomic E-state index is 0.167. The lowest BCUT2D eigenvalue weighted by atomic mass is 9.70. The van der Waals surface area contributed by atoms with Crippen LogP contribution in [-0.2, 0) is 17.9 Å². The third-order valence-electron chi connectivity index (χ3n) is 5.67. The minimum Gasteiger partial charge on any atom is -0.350 e. The number of amides is 1. The second-order valence-corrected chi connectivity index (χ2v) is 8.75. The maximum atomic E-state index is 12.2. The van der Waals surface area contributed by atoms with Crippen molar-refractivity contribution >= 4 is 5.91 Å². The summed E-state index contributed by atoms with van der Waals surface area (Å²) in [5, 5.41) is 3.21. The van der Waals surface area contributed by atoms with E-state index in [2.05, 4.69) is 98.6 Å². The van der Waals surface area contributed by atoms with Crippen LogP contribution in [-0.4, -0.2) is 22.9 Å². The van der Waals surface area contributed by atoms with Crippen molar-refractivity contribution in [3.8, 4) is 0 Å². The minimum atomic E-state index is -0.314. The first kappa shape index (κ1) is 19.6. The van der Waals surface area contributed by atoms with Crippen molar-refractivity contribution in [2.24, 2.45) is 11.3 Å². The molecule has 0 radical (unpaired) electrons. The number of carbonyl (C=O) groups is 1. The van der Waals surface area contributed by atoms with Crippen LogP contribution in [0.5, 0.6) is 0 Å². The van der Waals surface area contributed by atoms with Gasteiger partial charge in [-0.15, -0.1) is 0 Å². The average molecular weight is 365 g/mol. The molecule has 0 aliphatic carbocycles. The fourth-order valence-electron chi connectivity index (χ4n) is 4.05. The van der Waals surface area contributed by atoms with Gasteiger partial charge in [-0.1, -0.05) is 74.5 Å². The van der Waals surface area contributed by atoms with Gasteiger partial charge in [0.2, 0.25) is 5.91 Å². The molecule has 1 aliphatic heterocycles. The molecule has 27 heavy (non-hydrogen) atoms. The standard InChI is InChI=1S/C24H32N2O/c1-18(2)15-21(22-24(3,4)23(27)25-22)26(16-19-11-7-5-8-12-19)17-20-13-9-6-10-14-20/h5-14,18,21-22H,15-17H2,1-4H3,(H,25,27). The van der Waals surface area contributed by atoms with Crippen LogP contribution < -0.4 is 5.32 Å². The van der Waals surface area contributed by atoms with E-state index in [0.717, 1.165) is 19.5 Å². The van der Waals surface area contributed by atoms with E-state index < -0.39 is 0 Å². The summed E-state index contributed by atoms with van der Waals surface area (Å²) >= 11 is 0. The highest BCUT2D eigenvalue weighted by atomic mass is 16.2. The maximum absolute atomic E-state index is 12.2. The molecule has 2 aromatic carbocycles. The van der Waals surface area contributed by atoms with Gasteiger partial charge in [-0.2, -0.15) is 0 Å². The smallest absolute Gasteiger partial charge is 0.228 e. The largest absolute Gasteiger partial charge is 0.350 e. The van der Waals surface area contributed by atoms with Crippen LogP contribution in [0.1, 0.15) is 45.2 Å². The number of benzene rings is 2. The predicted octanol–water partition coefficient (Wildman–Crippen LogP) is 4.63. The van der Waals surface area contributed by atoms with E-state index in [9.17, 15) is 4.79 Å². The first-order chi connectivity index (χ1) is 12.9. The van der Waals surface area contributed by atoms with Crippen LogP contribution in [0.3, 0.4) is 0 Å². The van der Waals surface area contributed by atoms with Crippen molar-refractivity contribution < 1.29 is 4.79 Å². The van der Waals surface area contributed by atoms with Crippen molar-refractivity contribution in [1.29, 1.82) is 0 Å². The van der Waals surface area contributed by atoms with Crippen LogP contribution in [0.25, 0.3) is 0 Å². The lowest BCUT2D eigenvalue weighted by Crippen LogP contribution is -2.71. The van der Waals surface area contributed by atoms with Crippen LogP contribution in [0.2, 0.25) is 0 Å². The van der Waals surface area contributed by atoms with E-state index in [0.29, 0.717) is 12.0 Å². The Morgan fingerprint density at radius 3 is 1.78 bits per heavy atom. The fraction of sp³-hybridized carbons (Fsp3) is 0.458. The summed E-state index contributed by atoms with van der Waals surface area (Å²) in [6.07, 6.45) is 1.06. The molecule has 1 aliphatic rings. The fourth-order valence-corrected chi connectivity index (χ4v) is 4.05. The number of nitrogens with one attached hydrogen (secondary N) is 1. The summed E-state index contributed by atoms with van der Waals surface area (Å²) in [6.45, 7) is 10.5. The Balaban J connectivity index is 1.90. The summed E-state index contributed by atoms with van der Waals surface area (Å²) in [5.41, 5.74) is 2.31. The topological polar surface area (TPSA) is 32.3 Å². The summed E-state index contributed by atoms with van der Waals surface area (Å²) in [6, 6.07) is 21.8. The Morgan fingerprint density at radius 1 is 0.926 bits per heavy atom. The zero-order chi connectivity index (χ0) is 19.4. The van der Waals surface area contributed by atoms with Gasteiger partial charge in [-0.05, 0) is 37.3 Å². The van der Waals surface area contributed by atoms with Crippen LogP contribution in [0.4, 0.5) is 0 Å². The summed E-state index contributed by atoms with van der Waals surface area (Å²) in [7, 11) is 0. The SMILES string of the molecule is CC(C)CC(C1NC(=O)C1(C)C)N(Cc1ccccc1)Cc1ccccc1. The van der Waals surface area contributed by atoms with Crippen LogP contribution in [0.15, 0.2) is 60.7 Å². The molecule has 1 saturated heterocycles. The molecule has 1 fully saturated rings. The Labute approximate surface area is 163 Å². The highest BCUT2D eigenvalue weighted by Gasteiger charge is 2.52. The maximum Gasteiger partial charge on any atom is 0.228 e. The third-order valence-corrected chi connectivity index (χ3v) is 5.67. The Kier molecular flexibility index (Phi) is 6.01. The number of rotatable bonds is 8. The normalized spacial score (nSPS) is 19.6. The summed E-state index contributed by atoms with van der Waals surface area (Å²) < 4.78 is 0. The van der Waals surface area contributed by atoms with Crippen LogP contribution >= 0.6 is 0 Å². The van der Waals surface area contributed by atoms with E-state index in [4.69, 9.17) is 0 Å². The zero-order valence-electron chi connectivity index (χ0n) is 17.0. The number of nitrogens with zero attached hydrogens (tertiary/aromatic N) is 1. The van der Waals surface area contributed by atoms with E-state index in [1.54, 1.807) is 0 Å². The van der Waals surface area contributed by atoms with Crippen molar-refractivity contribution in [2.75, 3.05) is 0 Å². The molecule has 3 nitrogen and oxygen atoms in total. The molecule has 0 bridgehead atoms. The molecule has 0 saturated carbocycles. The van der Waals surface area contributed by atoms with Gasteiger partial charge in [0.05, 0.1) is 11.5 Å². The van der Waals surface area contributed by atoms with Crippen molar-refractivity contribution in [3.05, 3.63) is 71.8 Å². The molecule has 3 rings (SSSR count). The molecule has 3 heteroatoms. The molecule has 2 aromatic rings. The molecule has 144 valence electrons. The second-order valence-electron chi connectivity index (χ2n) is 8.75. The molecule has 2 atom stereocenters. The Bertz CT molecular complexity index is 698. The number of carbonyl (C=O) groups excluding carboxylic acids is 1. The van der Waals surface area contributed by atoms with Gasteiger partial charge in [0, 0.05) is 19.1 Å². The van der Waals surface area contributed by atoms with Gasteiger partial charge in [0.1, 0.15) is 0 Å². The van der Waals surface area contributed by atoms with E-state index >= 15 is 0 Å². The lowest BCUT2D eigenvalue weighted by Gasteiger charge is -2.51. The lowest BCUT2D eigenvalue weighted by molar-refractivity contribution is -0.147. The quantitative estimate of drug-likeness (QED) is 0.693. The Hall–Kier alpha value is -2.13. The Morgan fingerprint density at radius 2 is 1.41 bits per heavy atom. The third kappa shape index (κ3) is 4.59. The van der Waals surface area contributed by atoms with Gasteiger partial charge in [-0.3, -0.25) is 9.69 Å². The zero-order valence-corrected chi connectivity index (χ0v) is 17.0. The number of hydrogen-bond donors (Lipinski definition) is 1. The number of hydrogen-bond acceptors (Lipinski definition) is 2. The predicted molar refractivity (Wildman–Crippen MR) is 111 cm³/mol. The molecule has 2 unspecified atom stereocenters. The molecule has 1 amide bonds. The number of β-lactam (4-membered cyclic amide) rings is 1. The molecule has 0 aromatic heterocycles. The molecule has 0 spiro atoms. The van der Waals surface area contributed by atoms with Gasteiger partial charge in [0.25, 0.3) is 0 Å². The van der Waals surface area contributed by atoms with Gasteiger partial charge in [-0.25, -0.2) is 0 Å². The van der Waals surface area contributed by atoms with Crippen molar-refractivity contribution in [2.45, 2.75) is 59.3 Å². The second kappa shape index (κ2) is 8.26. The highest BCUT2D eigenvalue weighted by molar-refractivity contribution is 5.89. The summed E-state index contributed by atoms with van der Waals surface area (Å²) in [4.78, 5) is 14.7.